The predicted molar refractivity (Wildman–Crippen MR) is 88.3 cm³/mol. The van der Waals surface area contributed by atoms with Gasteiger partial charge in [-0.1, -0.05) is 35.9 Å². The normalized spacial score (nSPS) is 10.5. The van der Waals surface area contributed by atoms with E-state index < -0.39 is 0 Å². The summed E-state index contributed by atoms with van der Waals surface area (Å²) in [7, 11) is 0. The third-order valence-electron chi connectivity index (χ3n) is 3.51. The SMILES string of the molecule is Cc1ccc(CNc2nccn(-c3cccc(F)c3)c2=O)cc1. The molecule has 2 aromatic carbocycles. The maximum Gasteiger partial charge on any atom is 0.297 e. The Morgan fingerprint density at radius 1 is 1.17 bits per heavy atom. The lowest BCUT2D eigenvalue weighted by Gasteiger charge is -2.09. The highest BCUT2D eigenvalue weighted by Gasteiger charge is 2.07. The summed E-state index contributed by atoms with van der Waals surface area (Å²) in [6, 6.07) is 13.9. The Balaban J connectivity index is 1.85. The fourth-order valence-corrected chi connectivity index (χ4v) is 2.25. The predicted octanol–water partition coefficient (Wildman–Crippen LogP) is 3.29. The highest BCUT2D eigenvalue weighted by Crippen LogP contribution is 2.09. The van der Waals surface area contributed by atoms with E-state index in [1.54, 1.807) is 12.1 Å². The molecule has 1 N–H and O–H groups in total. The highest BCUT2D eigenvalue weighted by molar-refractivity contribution is 5.39. The second-order valence-corrected chi connectivity index (χ2v) is 5.27. The van der Waals surface area contributed by atoms with Crippen molar-refractivity contribution < 1.29 is 4.39 Å². The van der Waals surface area contributed by atoms with E-state index in [9.17, 15) is 9.18 Å². The van der Waals surface area contributed by atoms with Gasteiger partial charge < -0.3 is 5.32 Å². The number of anilines is 1. The Morgan fingerprint density at radius 3 is 2.70 bits per heavy atom. The third kappa shape index (κ3) is 3.45. The molecule has 0 spiro atoms. The van der Waals surface area contributed by atoms with Crippen LogP contribution >= 0.6 is 0 Å². The summed E-state index contributed by atoms with van der Waals surface area (Å²) in [5, 5.41) is 3.04. The fraction of sp³-hybridized carbons (Fsp3) is 0.111. The lowest BCUT2D eigenvalue weighted by atomic mass is 10.1. The number of halogens is 1. The van der Waals surface area contributed by atoms with Crippen LogP contribution in [0, 0.1) is 12.7 Å². The standard InChI is InChI=1S/C18H16FN3O/c1-13-5-7-14(8-6-13)12-21-17-18(23)22(10-9-20-17)16-4-2-3-15(19)11-16/h2-11H,12H2,1H3,(H,20,21). The number of hydrogen-bond acceptors (Lipinski definition) is 3. The number of aromatic nitrogens is 2. The average molecular weight is 309 g/mol. The van der Waals surface area contributed by atoms with Crippen LogP contribution in [0.2, 0.25) is 0 Å². The van der Waals surface area contributed by atoms with E-state index in [1.165, 1.54) is 34.7 Å². The molecule has 0 unspecified atom stereocenters. The smallest absolute Gasteiger partial charge is 0.297 e. The first-order valence-corrected chi connectivity index (χ1v) is 7.26. The topological polar surface area (TPSA) is 46.9 Å². The molecule has 3 aromatic rings. The Hall–Kier alpha value is -2.95. The molecule has 0 amide bonds. The van der Waals surface area contributed by atoms with E-state index in [0.29, 0.717) is 12.2 Å². The Morgan fingerprint density at radius 2 is 1.96 bits per heavy atom. The molecule has 4 nitrogen and oxygen atoms in total. The summed E-state index contributed by atoms with van der Waals surface area (Å²) < 4.78 is 14.7. The zero-order valence-electron chi connectivity index (χ0n) is 12.7. The summed E-state index contributed by atoms with van der Waals surface area (Å²) in [6.45, 7) is 2.52. The van der Waals surface area contributed by atoms with Gasteiger partial charge in [0.2, 0.25) is 0 Å². The van der Waals surface area contributed by atoms with Crippen LogP contribution in [-0.2, 0) is 6.54 Å². The molecule has 0 radical (unpaired) electrons. The largest absolute Gasteiger partial charge is 0.361 e. The molecule has 0 fully saturated rings. The first kappa shape index (κ1) is 15.0. The number of nitrogens with zero attached hydrogens (tertiary/aromatic N) is 2. The molecule has 0 bridgehead atoms. The van der Waals surface area contributed by atoms with Crippen LogP contribution < -0.4 is 10.9 Å². The first-order chi connectivity index (χ1) is 11.1. The van der Waals surface area contributed by atoms with Gasteiger partial charge in [-0.2, -0.15) is 0 Å². The molecule has 5 heteroatoms. The van der Waals surface area contributed by atoms with Crippen molar-refractivity contribution in [3.63, 3.8) is 0 Å². The molecule has 1 heterocycles. The monoisotopic (exact) mass is 309 g/mol. The quantitative estimate of drug-likeness (QED) is 0.804. The summed E-state index contributed by atoms with van der Waals surface area (Å²) >= 11 is 0. The third-order valence-corrected chi connectivity index (χ3v) is 3.51. The van der Waals surface area contributed by atoms with E-state index in [1.807, 2.05) is 31.2 Å². The van der Waals surface area contributed by atoms with Crippen LogP contribution in [0.4, 0.5) is 10.2 Å². The molecule has 0 saturated heterocycles. The Labute approximate surface area is 133 Å². The van der Waals surface area contributed by atoms with E-state index in [0.717, 1.165) is 5.56 Å². The number of benzene rings is 2. The van der Waals surface area contributed by atoms with Gasteiger partial charge in [0.1, 0.15) is 5.82 Å². The molecule has 0 aliphatic heterocycles. The Kier molecular flexibility index (Phi) is 4.19. The summed E-state index contributed by atoms with van der Waals surface area (Å²) in [5.74, 6) is -0.155. The molecule has 1 aromatic heterocycles. The number of aryl methyl sites for hydroxylation is 1. The van der Waals surface area contributed by atoms with Gasteiger partial charge in [-0.3, -0.25) is 9.36 Å². The number of hydrogen-bond donors (Lipinski definition) is 1. The van der Waals surface area contributed by atoms with Crippen molar-refractivity contribution >= 4 is 5.82 Å². The maximum absolute atomic E-state index is 13.3. The van der Waals surface area contributed by atoms with Crippen LogP contribution in [-0.4, -0.2) is 9.55 Å². The fourth-order valence-electron chi connectivity index (χ4n) is 2.25. The van der Waals surface area contributed by atoms with Crippen molar-refractivity contribution in [2.45, 2.75) is 13.5 Å². The molecule has 0 aliphatic carbocycles. The van der Waals surface area contributed by atoms with Crippen LogP contribution in [0.3, 0.4) is 0 Å². The van der Waals surface area contributed by atoms with E-state index >= 15 is 0 Å². The maximum atomic E-state index is 13.3. The summed E-state index contributed by atoms with van der Waals surface area (Å²) in [6.07, 6.45) is 3.04. The molecule has 0 atom stereocenters. The van der Waals surface area contributed by atoms with Crippen molar-refractivity contribution in [2.75, 3.05) is 5.32 Å². The lowest BCUT2D eigenvalue weighted by molar-refractivity contribution is 0.626. The van der Waals surface area contributed by atoms with Crippen molar-refractivity contribution in [3.05, 3.63) is 88.2 Å². The van der Waals surface area contributed by atoms with Crippen molar-refractivity contribution in [3.8, 4) is 5.69 Å². The van der Waals surface area contributed by atoms with Crippen LogP contribution in [0.25, 0.3) is 5.69 Å². The molecular weight excluding hydrogens is 293 g/mol. The minimum Gasteiger partial charge on any atom is -0.361 e. The summed E-state index contributed by atoms with van der Waals surface area (Å²) in [5.41, 5.74) is 2.39. The lowest BCUT2D eigenvalue weighted by Crippen LogP contribution is -2.23. The van der Waals surface area contributed by atoms with Crippen LogP contribution in [0.15, 0.2) is 65.7 Å². The molecule has 116 valence electrons. The van der Waals surface area contributed by atoms with Gasteiger partial charge in [0.25, 0.3) is 5.56 Å². The van der Waals surface area contributed by atoms with Crippen LogP contribution in [0.5, 0.6) is 0 Å². The molecule has 0 aliphatic rings. The van der Waals surface area contributed by atoms with Crippen molar-refractivity contribution in [1.29, 1.82) is 0 Å². The molecule has 23 heavy (non-hydrogen) atoms. The van der Waals surface area contributed by atoms with Gasteiger partial charge in [-0.05, 0) is 30.7 Å². The van der Waals surface area contributed by atoms with E-state index in [2.05, 4.69) is 10.3 Å². The van der Waals surface area contributed by atoms with Gasteiger partial charge >= 0.3 is 0 Å². The summed E-state index contributed by atoms with van der Waals surface area (Å²) in [4.78, 5) is 16.6. The van der Waals surface area contributed by atoms with Gasteiger partial charge in [0.05, 0.1) is 5.69 Å². The second-order valence-electron chi connectivity index (χ2n) is 5.27. The minimum absolute atomic E-state index is 0.234. The first-order valence-electron chi connectivity index (χ1n) is 7.26. The minimum atomic E-state index is -0.389. The average Bonchev–Trinajstić information content (AvgIpc) is 2.55. The zero-order chi connectivity index (χ0) is 16.2. The second kappa shape index (κ2) is 6.44. The van der Waals surface area contributed by atoms with E-state index in [-0.39, 0.29) is 17.2 Å². The van der Waals surface area contributed by atoms with Gasteiger partial charge in [0.15, 0.2) is 5.82 Å². The zero-order valence-corrected chi connectivity index (χ0v) is 12.7. The van der Waals surface area contributed by atoms with Crippen molar-refractivity contribution in [2.24, 2.45) is 0 Å². The molecular formula is C18H16FN3O. The van der Waals surface area contributed by atoms with Gasteiger partial charge in [-0.15, -0.1) is 0 Å². The number of nitrogens with one attached hydrogen (secondary N) is 1. The van der Waals surface area contributed by atoms with Gasteiger partial charge in [0, 0.05) is 18.9 Å². The highest BCUT2D eigenvalue weighted by atomic mass is 19.1. The van der Waals surface area contributed by atoms with Crippen molar-refractivity contribution in [1.82, 2.24) is 9.55 Å². The number of rotatable bonds is 4. The Bertz CT molecular complexity index is 872. The molecule has 0 saturated carbocycles. The van der Waals surface area contributed by atoms with Gasteiger partial charge in [-0.25, -0.2) is 9.37 Å². The van der Waals surface area contributed by atoms with Crippen LogP contribution in [0.1, 0.15) is 11.1 Å². The van der Waals surface area contributed by atoms with E-state index in [4.69, 9.17) is 0 Å². The molecule has 3 rings (SSSR count).